The van der Waals surface area contributed by atoms with Crippen molar-refractivity contribution >= 4 is 30.7 Å². The average Bonchev–Trinajstić information content (AvgIpc) is 2.62. The minimum absolute atomic E-state index is 0. The van der Waals surface area contributed by atoms with Crippen molar-refractivity contribution in [1.29, 1.82) is 0 Å². The van der Waals surface area contributed by atoms with Gasteiger partial charge in [0.15, 0.2) is 0 Å². The third-order valence-electron chi connectivity index (χ3n) is 4.47. The van der Waals surface area contributed by atoms with E-state index in [0.29, 0.717) is 23.6 Å². The topological polar surface area (TPSA) is 63.2 Å². The van der Waals surface area contributed by atoms with Gasteiger partial charge in [0.1, 0.15) is 11.5 Å². The number of amides is 1. The monoisotopic (exact) mass is 397 g/mol. The number of piperidine rings is 1. The summed E-state index contributed by atoms with van der Waals surface area (Å²) in [6.07, 6.45) is 5.53. The molecule has 142 valence electrons. The van der Waals surface area contributed by atoms with E-state index in [9.17, 15) is 4.79 Å². The largest absolute Gasteiger partial charge is 0.456 e. The predicted octanol–water partition coefficient (Wildman–Crippen LogP) is 3.84. The Balaban J connectivity index is 0.00000169. The highest BCUT2D eigenvalue weighted by atomic mass is 35.5. The Morgan fingerprint density at radius 1 is 1.15 bits per heavy atom. The molecule has 1 amide bonds. The number of nitrogens with zero attached hydrogens (tertiary/aromatic N) is 1. The lowest BCUT2D eigenvalue weighted by Crippen LogP contribution is -2.42. The Morgan fingerprint density at radius 3 is 2.46 bits per heavy atom. The Bertz CT molecular complexity index is 675. The van der Waals surface area contributed by atoms with Gasteiger partial charge >= 0.3 is 0 Å². The third-order valence-corrected chi connectivity index (χ3v) is 4.47. The summed E-state index contributed by atoms with van der Waals surface area (Å²) in [7, 11) is 0. The maximum atomic E-state index is 12.3. The molecule has 2 heterocycles. The van der Waals surface area contributed by atoms with Crippen LogP contribution in [-0.4, -0.2) is 30.5 Å². The highest BCUT2D eigenvalue weighted by molar-refractivity contribution is 5.94. The van der Waals surface area contributed by atoms with Gasteiger partial charge in [-0.2, -0.15) is 0 Å². The van der Waals surface area contributed by atoms with Crippen LogP contribution in [0.25, 0.3) is 0 Å². The molecule has 0 unspecified atom stereocenters. The Morgan fingerprint density at radius 2 is 1.85 bits per heavy atom. The summed E-state index contributed by atoms with van der Waals surface area (Å²) < 4.78 is 5.68. The van der Waals surface area contributed by atoms with Gasteiger partial charge in [-0.1, -0.05) is 6.92 Å². The van der Waals surface area contributed by atoms with Gasteiger partial charge < -0.3 is 15.4 Å². The SMILES string of the molecule is CC1(CNC(=O)c2ccc(Oc3cccnc3)cc2)CCNCC1.Cl.Cl. The summed E-state index contributed by atoms with van der Waals surface area (Å²) in [5.74, 6) is 1.32. The van der Waals surface area contributed by atoms with Crippen molar-refractivity contribution in [2.75, 3.05) is 19.6 Å². The lowest BCUT2D eigenvalue weighted by molar-refractivity contribution is 0.0922. The number of hydrogen-bond donors (Lipinski definition) is 2. The number of pyridine rings is 1. The van der Waals surface area contributed by atoms with Crippen LogP contribution < -0.4 is 15.4 Å². The van der Waals surface area contributed by atoms with Gasteiger partial charge in [0, 0.05) is 18.3 Å². The molecule has 26 heavy (non-hydrogen) atoms. The third kappa shape index (κ3) is 6.16. The van der Waals surface area contributed by atoms with Crippen molar-refractivity contribution in [3.05, 3.63) is 54.4 Å². The number of ether oxygens (including phenoxy) is 1. The number of rotatable bonds is 5. The number of benzene rings is 1. The second kappa shape index (κ2) is 10.4. The van der Waals surface area contributed by atoms with Crippen molar-refractivity contribution in [2.45, 2.75) is 19.8 Å². The second-order valence-electron chi connectivity index (χ2n) is 6.56. The summed E-state index contributed by atoms with van der Waals surface area (Å²) in [5, 5.41) is 6.42. The first-order valence-electron chi connectivity index (χ1n) is 8.32. The summed E-state index contributed by atoms with van der Waals surface area (Å²) >= 11 is 0. The van der Waals surface area contributed by atoms with Crippen LogP contribution in [0.1, 0.15) is 30.1 Å². The van der Waals surface area contributed by atoms with E-state index in [4.69, 9.17) is 4.74 Å². The first kappa shape index (κ1) is 22.2. The predicted molar refractivity (Wildman–Crippen MR) is 108 cm³/mol. The quantitative estimate of drug-likeness (QED) is 0.804. The summed E-state index contributed by atoms with van der Waals surface area (Å²) in [5.41, 5.74) is 0.829. The van der Waals surface area contributed by atoms with Gasteiger partial charge in [-0.25, -0.2) is 0 Å². The van der Waals surface area contributed by atoms with Crippen LogP contribution in [0.3, 0.4) is 0 Å². The number of halogens is 2. The van der Waals surface area contributed by atoms with Crippen LogP contribution >= 0.6 is 24.8 Å². The average molecular weight is 398 g/mol. The van der Waals surface area contributed by atoms with E-state index in [1.165, 1.54) is 0 Å². The van der Waals surface area contributed by atoms with E-state index in [1.807, 2.05) is 12.1 Å². The van der Waals surface area contributed by atoms with Crippen LogP contribution in [-0.2, 0) is 0 Å². The number of carbonyl (C=O) groups is 1. The molecule has 3 rings (SSSR count). The minimum Gasteiger partial charge on any atom is -0.456 e. The maximum Gasteiger partial charge on any atom is 0.251 e. The van der Waals surface area contributed by atoms with Gasteiger partial charge in [0.25, 0.3) is 5.91 Å². The molecular formula is C19H25Cl2N3O2. The molecule has 0 atom stereocenters. The molecule has 0 radical (unpaired) electrons. The fourth-order valence-corrected chi connectivity index (χ4v) is 2.82. The molecule has 1 aliphatic rings. The van der Waals surface area contributed by atoms with Crippen molar-refractivity contribution in [3.8, 4) is 11.5 Å². The van der Waals surface area contributed by atoms with E-state index in [-0.39, 0.29) is 36.1 Å². The van der Waals surface area contributed by atoms with Crippen LogP contribution in [0, 0.1) is 5.41 Å². The molecule has 1 fully saturated rings. The number of carbonyl (C=O) groups excluding carboxylic acids is 1. The van der Waals surface area contributed by atoms with Crippen molar-refractivity contribution in [1.82, 2.24) is 15.6 Å². The summed E-state index contributed by atoms with van der Waals surface area (Å²) in [6, 6.07) is 10.8. The van der Waals surface area contributed by atoms with Crippen molar-refractivity contribution < 1.29 is 9.53 Å². The normalized spacial score (nSPS) is 15.1. The molecule has 2 N–H and O–H groups in total. The minimum atomic E-state index is -0.0392. The molecule has 2 aromatic rings. The van der Waals surface area contributed by atoms with E-state index >= 15 is 0 Å². The van der Waals surface area contributed by atoms with Gasteiger partial charge in [-0.15, -0.1) is 24.8 Å². The van der Waals surface area contributed by atoms with E-state index in [0.717, 1.165) is 25.9 Å². The van der Waals surface area contributed by atoms with Crippen LogP contribution in [0.2, 0.25) is 0 Å². The van der Waals surface area contributed by atoms with E-state index in [2.05, 4.69) is 22.5 Å². The molecule has 0 saturated carbocycles. The molecule has 0 spiro atoms. The van der Waals surface area contributed by atoms with E-state index in [1.54, 1.807) is 36.7 Å². The molecule has 5 nitrogen and oxygen atoms in total. The Labute approximate surface area is 166 Å². The second-order valence-corrected chi connectivity index (χ2v) is 6.56. The lowest BCUT2D eigenvalue weighted by Gasteiger charge is -2.34. The zero-order valence-corrected chi connectivity index (χ0v) is 16.4. The molecule has 1 aliphatic heterocycles. The molecule has 1 aromatic carbocycles. The van der Waals surface area contributed by atoms with Crippen molar-refractivity contribution in [3.63, 3.8) is 0 Å². The summed E-state index contributed by atoms with van der Waals surface area (Å²) in [4.78, 5) is 16.3. The molecule has 0 aliphatic carbocycles. The lowest BCUT2D eigenvalue weighted by atomic mass is 9.81. The van der Waals surface area contributed by atoms with Gasteiger partial charge in [-0.05, 0) is 67.7 Å². The Kier molecular flexibility index (Phi) is 8.85. The van der Waals surface area contributed by atoms with Crippen LogP contribution in [0.5, 0.6) is 11.5 Å². The highest BCUT2D eigenvalue weighted by Crippen LogP contribution is 2.27. The fourth-order valence-electron chi connectivity index (χ4n) is 2.82. The standard InChI is InChI=1S/C19H23N3O2.2ClH/c1-19(8-11-20-12-9-19)14-22-18(23)15-4-6-16(7-5-15)24-17-3-2-10-21-13-17;;/h2-7,10,13,20H,8-9,11-12,14H2,1H3,(H,22,23);2*1H. The van der Waals surface area contributed by atoms with Gasteiger partial charge in [0.05, 0.1) is 6.20 Å². The van der Waals surface area contributed by atoms with Crippen molar-refractivity contribution in [2.24, 2.45) is 5.41 Å². The highest BCUT2D eigenvalue weighted by Gasteiger charge is 2.27. The zero-order chi connectivity index (χ0) is 16.8. The Hall–Kier alpha value is -1.82. The molecule has 7 heteroatoms. The zero-order valence-electron chi connectivity index (χ0n) is 14.7. The van der Waals surface area contributed by atoms with Gasteiger partial charge in [-0.3, -0.25) is 9.78 Å². The van der Waals surface area contributed by atoms with E-state index < -0.39 is 0 Å². The smallest absolute Gasteiger partial charge is 0.251 e. The van der Waals surface area contributed by atoms with Crippen LogP contribution in [0.4, 0.5) is 0 Å². The maximum absolute atomic E-state index is 12.3. The number of hydrogen-bond acceptors (Lipinski definition) is 4. The fraction of sp³-hybridized carbons (Fsp3) is 0.368. The molecule has 1 aromatic heterocycles. The van der Waals surface area contributed by atoms with Gasteiger partial charge in [0.2, 0.25) is 0 Å². The summed E-state index contributed by atoms with van der Waals surface area (Å²) in [6.45, 7) is 4.99. The molecular weight excluding hydrogens is 373 g/mol. The first-order chi connectivity index (χ1) is 11.6. The number of aromatic nitrogens is 1. The first-order valence-corrected chi connectivity index (χ1v) is 8.32. The number of nitrogens with one attached hydrogen (secondary N) is 2. The molecule has 1 saturated heterocycles. The molecule has 0 bridgehead atoms. The van der Waals surface area contributed by atoms with Crippen LogP contribution in [0.15, 0.2) is 48.8 Å².